The minimum atomic E-state index is 0.0705. The summed E-state index contributed by atoms with van der Waals surface area (Å²) in [7, 11) is 0. The van der Waals surface area contributed by atoms with E-state index in [1.807, 2.05) is 12.1 Å². The molecule has 2 nitrogen and oxygen atoms in total. The molecule has 1 aliphatic rings. The smallest absolute Gasteiger partial charge is 0.284 e. The summed E-state index contributed by atoms with van der Waals surface area (Å²) in [6.45, 7) is 2.13. The lowest BCUT2D eigenvalue weighted by molar-refractivity contribution is 0.260. The SMILES string of the molecule is CCSc1cccc(SC(=O)NC2CC2)c1. The van der Waals surface area contributed by atoms with E-state index in [-0.39, 0.29) is 5.24 Å². The van der Waals surface area contributed by atoms with Gasteiger partial charge >= 0.3 is 0 Å². The van der Waals surface area contributed by atoms with Crippen molar-refractivity contribution >= 4 is 28.8 Å². The van der Waals surface area contributed by atoms with Gasteiger partial charge in [0.1, 0.15) is 0 Å². The van der Waals surface area contributed by atoms with Crippen LogP contribution in [-0.2, 0) is 0 Å². The number of nitrogens with one attached hydrogen (secondary N) is 1. The van der Waals surface area contributed by atoms with Crippen LogP contribution in [0.2, 0.25) is 0 Å². The Bertz CT molecular complexity index is 377. The van der Waals surface area contributed by atoms with Crippen LogP contribution in [0.3, 0.4) is 0 Å². The van der Waals surface area contributed by atoms with Gasteiger partial charge in [-0.1, -0.05) is 13.0 Å². The summed E-state index contributed by atoms with van der Waals surface area (Å²) in [4.78, 5) is 13.8. The summed E-state index contributed by atoms with van der Waals surface area (Å²) in [6, 6.07) is 8.58. The van der Waals surface area contributed by atoms with E-state index >= 15 is 0 Å². The second kappa shape index (κ2) is 5.64. The van der Waals surface area contributed by atoms with Crippen LogP contribution in [0.1, 0.15) is 19.8 Å². The molecule has 0 unspecified atom stereocenters. The fraction of sp³-hybridized carbons (Fsp3) is 0.417. The summed E-state index contributed by atoms with van der Waals surface area (Å²) in [5.41, 5.74) is 0. The molecule has 1 aliphatic carbocycles. The van der Waals surface area contributed by atoms with E-state index in [1.165, 1.54) is 16.7 Å². The molecule has 0 aliphatic heterocycles. The second-order valence-electron chi connectivity index (χ2n) is 3.72. The number of thioether (sulfide) groups is 2. The zero-order valence-corrected chi connectivity index (χ0v) is 10.9. The molecule has 16 heavy (non-hydrogen) atoms. The Kier molecular flexibility index (Phi) is 4.18. The van der Waals surface area contributed by atoms with Gasteiger partial charge in [0.2, 0.25) is 0 Å². The summed E-state index contributed by atoms with van der Waals surface area (Å²) in [6.07, 6.45) is 2.27. The highest BCUT2D eigenvalue weighted by Gasteiger charge is 2.23. The van der Waals surface area contributed by atoms with Crippen LogP contribution >= 0.6 is 23.5 Å². The molecular formula is C12H15NOS2. The van der Waals surface area contributed by atoms with Crippen LogP contribution in [0.15, 0.2) is 34.1 Å². The lowest BCUT2D eigenvalue weighted by Crippen LogP contribution is -2.20. The topological polar surface area (TPSA) is 29.1 Å². The summed E-state index contributed by atoms with van der Waals surface area (Å²) >= 11 is 3.09. The normalized spacial score (nSPS) is 14.8. The maximum absolute atomic E-state index is 11.6. The highest BCUT2D eigenvalue weighted by atomic mass is 32.2. The molecule has 1 aromatic rings. The van der Waals surface area contributed by atoms with Gasteiger partial charge in [-0.05, 0) is 48.6 Å². The summed E-state index contributed by atoms with van der Waals surface area (Å²) in [5, 5.41) is 3.04. The van der Waals surface area contributed by atoms with Gasteiger partial charge in [0.25, 0.3) is 5.24 Å². The second-order valence-corrected chi connectivity index (χ2v) is 6.10. The van der Waals surface area contributed by atoms with Gasteiger partial charge in [-0.3, -0.25) is 4.79 Å². The first-order valence-corrected chi connectivity index (χ1v) is 7.29. The van der Waals surface area contributed by atoms with Crippen LogP contribution in [0.4, 0.5) is 4.79 Å². The van der Waals surface area contributed by atoms with Crippen molar-refractivity contribution in [1.29, 1.82) is 0 Å². The fourth-order valence-corrected chi connectivity index (χ4v) is 2.89. The molecular weight excluding hydrogens is 238 g/mol. The average molecular weight is 253 g/mol. The Balaban J connectivity index is 1.91. The third-order valence-corrected chi connectivity index (χ3v) is 3.90. The number of amides is 1. The molecule has 0 spiro atoms. The molecule has 4 heteroatoms. The molecule has 86 valence electrons. The summed E-state index contributed by atoms with van der Waals surface area (Å²) in [5.74, 6) is 1.06. The number of carbonyl (C=O) groups excluding carboxylic acids is 1. The van der Waals surface area contributed by atoms with Gasteiger partial charge in [-0.2, -0.15) is 0 Å². The van der Waals surface area contributed by atoms with Crippen molar-refractivity contribution in [3.8, 4) is 0 Å². The van der Waals surface area contributed by atoms with Gasteiger partial charge in [-0.15, -0.1) is 11.8 Å². The molecule has 1 saturated carbocycles. The quantitative estimate of drug-likeness (QED) is 0.828. The van der Waals surface area contributed by atoms with Crippen LogP contribution in [0, 0.1) is 0 Å². The van der Waals surface area contributed by atoms with Gasteiger partial charge in [0.15, 0.2) is 0 Å². The van der Waals surface area contributed by atoms with Crippen molar-refractivity contribution in [1.82, 2.24) is 5.32 Å². The average Bonchev–Trinajstić information content (AvgIpc) is 3.02. The number of benzene rings is 1. The van der Waals surface area contributed by atoms with E-state index in [1.54, 1.807) is 11.8 Å². The van der Waals surface area contributed by atoms with Crippen LogP contribution in [-0.4, -0.2) is 17.0 Å². The molecule has 0 saturated heterocycles. The predicted molar refractivity (Wildman–Crippen MR) is 70.3 cm³/mol. The third-order valence-electron chi connectivity index (χ3n) is 2.23. The Hall–Kier alpha value is -0.610. The Morgan fingerprint density at radius 1 is 1.44 bits per heavy atom. The Morgan fingerprint density at radius 2 is 2.19 bits per heavy atom. The number of hydrogen-bond donors (Lipinski definition) is 1. The first kappa shape index (κ1) is 11.9. The van der Waals surface area contributed by atoms with Gasteiger partial charge in [0.05, 0.1) is 0 Å². The number of carbonyl (C=O) groups is 1. The predicted octanol–water partition coefficient (Wildman–Crippen LogP) is 3.76. The molecule has 0 radical (unpaired) electrons. The van der Waals surface area contributed by atoms with E-state index in [9.17, 15) is 4.79 Å². The maximum Gasteiger partial charge on any atom is 0.284 e. The molecule has 0 bridgehead atoms. The van der Waals surface area contributed by atoms with Crippen molar-refractivity contribution in [2.45, 2.75) is 35.6 Å². The Labute approximate surface area is 105 Å². The van der Waals surface area contributed by atoms with Gasteiger partial charge in [0, 0.05) is 15.8 Å². The molecule has 1 fully saturated rings. The summed E-state index contributed by atoms with van der Waals surface area (Å²) < 4.78 is 0. The van der Waals surface area contributed by atoms with E-state index in [2.05, 4.69) is 24.4 Å². The minimum absolute atomic E-state index is 0.0705. The molecule has 2 rings (SSSR count). The largest absolute Gasteiger partial charge is 0.344 e. The first-order chi connectivity index (χ1) is 7.78. The van der Waals surface area contributed by atoms with Crippen molar-refractivity contribution < 1.29 is 4.79 Å². The lowest BCUT2D eigenvalue weighted by Gasteiger charge is -2.04. The zero-order chi connectivity index (χ0) is 11.4. The zero-order valence-electron chi connectivity index (χ0n) is 9.23. The van der Waals surface area contributed by atoms with Gasteiger partial charge < -0.3 is 5.32 Å². The van der Waals surface area contributed by atoms with E-state index < -0.39 is 0 Å². The van der Waals surface area contributed by atoms with Crippen molar-refractivity contribution in [3.63, 3.8) is 0 Å². The lowest BCUT2D eigenvalue weighted by atomic mass is 10.4. The fourth-order valence-electron chi connectivity index (χ4n) is 1.32. The molecule has 1 aromatic carbocycles. The van der Waals surface area contributed by atoms with Crippen molar-refractivity contribution in [2.24, 2.45) is 0 Å². The molecule has 1 amide bonds. The minimum Gasteiger partial charge on any atom is -0.344 e. The van der Waals surface area contributed by atoms with Crippen molar-refractivity contribution in [3.05, 3.63) is 24.3 Å². The molecule has 0 heterocycles. The maximum atomic E-state index is 11.6. The third kappa shape index (κ3) is 3.76. The standard InChI is InChI=1S/C12H15NOS2/c1-2-15-10-4-3-5-11(8-10)16-12(14)13-9-6-7-9/h3-5,8-9H,2,6-7H2,1H3,(H,13,14). The molecule has 0 aromatic heterocycles. The highest BCUT2D eigenvalue weighted by Crippen LogP contribution is 2.27. The number of rotatable bonds is 4. The van der Waals surface area contributed by atoms with Crippen LogP contribution in [0.25, 0.3) is 0 Å². The molecule has 1 N–H and O–H groups in total. The van der Waals surface area contributed by atoms with Crippen molar-refractivity contribution in [2.75, 3.05) is 5.75 Å². The van der Waals surface area contributed by atoms with E-state index in [0.29, 0.717) is 6.04 Å². The monoisotopic (exact) mass is 253 g/mol. The Morgan fingerprint density at radius 3 is 2.88 bits per heavy atom. The van der Waals surface area contributed by atoms with E-state index in [4.69, 9.17) is 0 Å². The highest BCUT2D eigenvalue weighted by molar-refractivity contribution is 8.13. The van der Waals surface area contributed by atoms with Gasteiger partial charge in [-0.25, -0.2) is 0 Å². The van der Waals surface area contributed by atoms with E-state index in [0.717, 1.165) is 23.5 Å². The first-order valence-electron chi connectivity index (χ1n) is 5.49. The molecule has 0 atom stereocenters. The van der Waals surface area contributed by atoms with Crippen LogP contribution in [0.5, 0.6) is 0 Å². The number of hydrogen-bond acceptors (Lipinski definition) is 3. The van der Waals surface area contributed by atoms with Crippen LogP contribution < -0.4 is 5.32 Å².